The second kappa shape index (κ2) is 8.82. The van der Waals surface area contributed by atoms with E-state index in [1.54, 1.807) is 24.3 Å². The molecule has 1 saturated heterocycles. The molecule has 0 bridgehead atoms. The Morgan fingerprint density at radius 1 is 1.34 bits per heavy atom. The van der Waals surface area contributed by atoms with Gasteiger partial charge in [-0.05, 0) is 36.5 Å². The number of imide groups is 1. The van der Waals surface area contributed by atoms with Gasteiger partial charge in [-0.15, -0.1) is 0 Å². The lowest BCUT2D eigenvalue weighted by atomic mass is 9.73. The van der Waals surface area contributed by atoms with Crippen LogP contribution < -0.4 is 10.6 Å². The molecule has 2 N–H and O–H groups in total. The Balaban J connectivity index is 1.47. The molecular weight excluding hydrogens is 398 g/mol. The van der Waals surface area contributed by atoms with Crippen LogP contribution in [0.3, 0.4) is 0 Å². The van der Waals surface area contributed by atoms with E-state index < -0.39 is 42.5 Å². The first-order valence-corrected chi connectivity index (χ1v) is 10.0. The highest BCUT2D eigenvalue weighted by molar-refractivity contribution is 6.30. The highest BCUT2D eigenvalue weighted by atomic mass is 35.5. The third kappa shape index (κ3) is 4.70. The Kier molecular flexibility index (Phi) is 6.42. The minimum Gasteiger partial charge on any atom is -0.454 e. The van der Waals surface area contributed by atoms with Crippen molar-refractivity contribution < 1.29 is 23.9 Å². The lowest BCUT2D eigenvalue weighted by Crippen LogP contribution is -2.54. The number of halogens is 1. The molecule has 8 nitrogen and oxygen atoms in total. The molecule has 4 amide bonds. The van der Waals surface area contributed by atoms with Gasteiger partial charge < -0.3 is 15.4 Å². The summed E-state index contributed by atoms with van der Waals surface area (Å²) in [6.45, 7) is 1.17. The van der Waals surface area contributed by atoms with Crippen molar-refractivity contribution in [2.45, 2.75) is 44.7 Å². The Hall–Kier alpha value is -2.61. The zero-order chi connectivity index (χ0) is 21.0. The predicted octanol–water partition coefficient (Wildman–Crippen LogP) is 2.00. The van der Waals surface area contributed by atoms with Crippen molar-refractivity contribution >= 4 is 35.4 Å². The number of benzene rings is 1. The number of esters is 1. The van der Waals surface area contributed by atoms with Gasteiger partial charge in [0.1, 0.15) is 12.1 Å². The summed E-state index contributed by atoms with van der Waals surface area (Å²) in [5, 5.41) is 5.94. The summed E-state index contributed by atoms with van der Waals surface area (Å²) in [6.07, 6.45) is 3.27. The Morgan fingerprint density at radius 2 is 2.14 bits per heavy atom. The van der Waals surface area contributed by atoms with E-state index in [2.05, 4.69) is 10.6 Å². The number of hydrogen-bond donors (Lipinski definition) is 2. The smallest absolute Gasteiger partial charge is 0.326 e. The summed E-state index contributed by atoms with van der Waals surface area (Å²) in [6, 6.07) is 6.42. The zero-order valence-corrected chi connectivity index (χ0v) is 17.0. The van der Waals surface area contributed by atoms with Gasteiger partial charge in [-0.3, -0.25) is 19.3 Å². The molecule has 1 aromatic rings. The van der Waals surface area contributed by atoms with Crippen molar-refractivity contribution in [3.8, 4) is 0 Å². The Morgan fingerprint density at radius 3 is 2.86 bits per heavy atom. The van der Waals surface area contributed by atoms with Crippen molar-refractivity contribution in [3.63, 3.8) is 0 Å². The van der Waals surface area contributed by atoms with E-state index in [1.807, 2.05) is 6.92 Å². The molecule has 0 radical (unpaired) electrons. The van der Waals surface area contributed by atoms with Crippen LogP contribution in [-0.4, -0.2) is 47.4 Å². The van der Waals surface area contributed by atoms with E-state index in [1.165, 1.54) is 0 Å². The van der Waals surface area contributed by atoms with E-state index in [4.69, 9.17) is 16.3 Å². The molecule has 1 saturated carbocycles. The minimum atomic E-state index is -0.927. The lowest BCUT2D eigenvalue weighted by molar-refractivity contribution is -0.151. The molecule has 1 aliphatic carbocycles. The SMILES string of the molecule is C[C@H]1CCCC[C@@]12NC(=O)N(CC(=O)OCC(=O)NCc1cccc(Cl)c1)C2=O. The van der Waals surface area contributed by atoms with Gasteiger partial charge in [0, 0.05) is 11.6 Å². The van der Waals surface area contributed by atoms with Gasteiger partial charge in [-0.1, -0.05) is 43.5 Å². The van der Waals surface area contributed by atoms with E-state index in [0.29, 0.717) is 11.4 Å². The van der Waals surface area contributed by atoms with Gasteiger partial charge in [0.25, 0.3) is 11.8 Å². The van der Waals surface area contributed by atoms with Gasteiger partial charge in [-0.25, -0.2) is 4.79 Å². The fourth-order valence-corrected chi connectivity index (χ4v) is 4.07. The first kappa shape index (κ1) is 21.1. The van der Waals surface area contributed by atoms with Gasteiger partial charge in [-0.2, -0.15) is 0 Å². The number of ether oxygens (including phenoxy) is 1. The average molecular weight is 422 g/mol. The van der Waals surface area contributed by atoms with Crippen molar-refractivity contribution in [1.82, 2.24) is 15.5 Å². The predicted molar refractivity (Wildman–Crippen MR) is 105 cm³/mol. The van der Waals surface area contributed by atoms with Crippen LogP contribution in [0.1, 0.15) is 38.2 Å². The van der Waals surface area contributed by atoms with Crippen LogP contribution in [0.2, 0.25) is 5.02 Å². The number of nitrogens with one attached hydrogen (secondary N) is 2. The molecule has 156 valence electrons. The summed E-state index contributed by atoms with van der Waals surface area (Å²) in [5.74, 6) is -1.69. The number of hydrogen-bond acceptors (Lipinski definition) is 5. The first-order valence-electron chi connectivity index (χ1n) is 9.63. The molecule has 1 aromatic carbocycles. The minimum absolute atomic E-state index is 0.00554. The Bertz CT molecular complexity index is 830. The summed E-state index contributed by atoms with van der Waals surface area (Å²) < 4.78 is 4.93. The van der Waals surface area contributed by atoms with Crippen molar-refractivity contribution in [1.29, 1.82) is 0 Å². The van der Waals surface area contributed by atoms with Gasteiger partial charge in [0.2, 0.25) is 0 Å². The highest BCUT2D eigenvalue weighted by Crippen LogP contribution is 2.38. The number of rotatable bonds is 6. The van der Waals surface area contributed by atoms with Gasteiger partial charge >= 0.3 is 12.0 Å². The van der Waals surface area contributed by atoms with Crippen LogP contribution in [0, 0.1) is 5.92 Å². The van der Waals surface area contributed by atoms with Crippen LogP contribution >= 0.6 is 11.6 Å². The van der Waals surface area contributed by atoms with Crippen LogP contribution in [0.15, 0.2) is 24.3 Å². The normalized spacial score (nSPS) is 23.8. The highest BCUT2D eigenvalue weighted by Gasteiger charge is 2.55. The first-order chi connectivity index (χ1) is 13.8. The molecule has 1 heterocycles. The number of nitrogens with zero attached hydrogens (tertiary/aromatic N) is 1. The number of amides is 4. The standard InChI is InChI=1S/C20H24ClN3O5/c1-13-5-2-3-8-20(13)18(27)24(19(28)23-20)11-17(26)29-12-16(25)22-10-14-6-4-7-15(21)9-14/h4,6-7,9,13H,2-3,5,8,10-12H2,1H3,(H,22,25)(H,23,28)/t13-,20+/m0/s1. The number of carbonyl (C=O) groups excluding carboxylic acids is 4. The van der Waals surface area contributed by atoms with E-state index in [-0.39, 0.29) is 12.5 Å². The van der Waals surface area contributed by atoms with Crippen LogP contribution in [0.4, 0.5) is 4.79 Å². The molecule has 2 atom stereocenters. The third-order valence-electron chi connectivity index (χ3n) is 5.53. The van der Waals surface area contributed by atoms with Crippen molar-refractivity contribution in [3.05, 3.63) is 34.9 Å². The quantitative estimate of drug-likeness (QED) is 0.540. The second-order valence-electron chi connectivity index (χ2n) is 7.51. The topological polar surface area (TPSA) is 105 Å². The zero-order valence-electron chi connectivity index (χ0n) is 16.2. The summed E-state index contributed by atoms with van der Waals surface area (Å²) in [7, 11) is 0. The number of carbonyl (C=O) groups is 4. The molecule has 29 heavy (non-hydrogen) atoms. The lowest BCUT2D eigenvalue weighted by Gasteiger charge is -2.36. The van der Waals surface area contributed by atoms with E-state index >= 15 is 0 Å². The largest absolute Gasteiger partial charge is 0.454 e. The summed E-state index contributed by atoms with van der Waals surface area (Å²) >= 11 is 5.88. The molecule has 1 aliphatic heterocycles. The summed E-state index contributed by atoms with van der Waals surface area (Å²) in [5.41, 5.74) is -0.118. The monoisotopic (exact) mass is 421 g/mol. The molecular formula is C20H24ClN3O5. The average Bonchev–Trinajstić information content (AvgIpc) is 2.92. The van der Waals surface area contributed by atoms with Crippen LogP contribution in [0.25, 0.3) is 0 Å². The number of urea groups is 1. The molecule has 2 aliphatic rings. The molecule has 9 heteroatoms. The van der Waals surface area contributed by atoms with Crippen molar-refractivity contribution in [2.24, 2.45) is 5.92 Å². The van der Waals surface area contributed by atoms with Crippen LogP contribution in [-0.2, 0) is 25.7 Å². The molecule has 0 unspecified atom stereocenters. The maximum Gasteiger partial charge on any atom is 0.326 e. The maximum atomic E-state index is 12.8. The molecule has 3 rings (SSSR count). The van der Waals surface area contributed by atoms with Crippen molar-refractivity contribution in [2.75, 3.05) is 13.2 Å². The Labute approximate surface area is 173 Å². The van der Waals surface area contributed by atoms with Gasteiger partial charge in [0.05, 0.1) is 0 Å². The maximum absolute atomic E-state index is 12.8. The molecule has 1 spiro atoms. The van der Waals surface area contributed by atoms with E-state index in [9.17, 15) is 19.2 Å². The second-order valence-corrected chi connectivity index (χ2v) is 7.94. The van der Waals surface area contributed by atoms with Gasteiger partial charge in [0.15, 0.2) is 6.61 Å². The molecule has 0 aromatic heterocycles. The molecule has 2 fully saturated rings. The third-order valence-corrected chi connectivity index (χ3v) is 5.77. The fourth-order valence-electron chi connectivity index (χ4n) is 3.86. The van der Waals surface area contributed by atoms with E-state index in [0.717, 1.165) is 29.7 Å². The van der Waals surface area contributed by atoms with Crippen LogP contribution in [0.5, 0.6) is 0 Å². The fraction of sp³-hybridized carbons (Fsp3) is 0.500. The summed E-state index contributed by atoms with van der Waals surface area (Å²) in [4.78, 5) is 49.9.